The fraction of sp³-hybridized carbons (Fsp3) is 0.167. The Morgan fingerprint density at radius 3 is 2.67 bits per heavy atom. The molecule has 0 saturated carbocycles. The van der Waals surface area contributed by atoms with Gasteiger partial charge in [0.05, 0.1) is 26.5 Å². The van der Waals surface area contributed by atoms with Crippen molar-refractivity contribution >= 4 is 32.4 Å². The van der Waals surface area contributed by atoms with E-state index in [9.17, 15) is 4.21 Å². The van der Waals surface area contributed by atoms with Gasteiger partial charge in [0.1, 0.15) is 4.90 Å². The van der Waals surface area contributed by atoms with E-state index in [0.29, 0.717) is 0 Å². The predicted octanol–water partition coefficient (Wildman–Crippen LogP) is 1.16. The highest BCUT2D eigenvalue weighted by atomic mass is 33.1. The summed E-state index contributed by atoms with van der Waals surface area (Å²) in [6, 6.07) is 9.86. The molecule has 2 aromatic rings. The fourth-order valence-electron chi connectivity index (χ4n) is 1.98. The quantitative estimate of drug-likeness (QED) is 0.579. The molecule has 1 atom stereocenters. The topological polar surface area (TPSA) is 28.1 Å². The van der Waals surface area contributed by atoms with Crippen LogP contribution in [0.1, 0.15) is 0 Å². The van der Waals surface area contributed by atoms with Gasteiger partial charge in [-0.1, -0.05) is 10.4 Å². The summed E-state index contributed by atoms with van der Waals surface area (Å²) in [5.74, 6) is 1.89. The second kappa shape index (κ2) is 4.37. The van der Waals surface area contributed by atoms with Gasteiger partial charge in [-0.25, -0.2) is 9.13 Å². The zero-order valence-corrected chi connectivity index (χ0v) is 11.7. The van der Waals surface area contributed by atoms with E-state index in [1.165, 1.54) is 10.8 Å². The molecule has 0 aromatic carbocycles. The van der Waals surface area contributed by atoms with Crippen LogP contribution in [-0.2, 0) is 24.1 Å². The van der Waals surface area contributed by atoms with E-state index < -0.39 is 10.0 Å². The van der Waals surface area contributed by atoms with Crippen LogP contribution >= 0.6 is 10.8 Å². The first-order valence-electron chi connectivity index (χ1n) is 5.52. The van der Waals surface area contributed by atoms with Gasteiger partial charge in [-0.05, 0) is 18.2 Å². The van der Waals surface area contributed by atoms with Crippen LogP contribution < -0.4 is 13.4 Å². The van der Waals surface area contributed by atoms with E-state index in [4.69, 9.17) is 0 Å². The first kappa shape index (κ1) is 11.7. The van der Waals surface area contributed by atoms with E-state index >= 15 is 0 Å². The number of rotatable bonds is 1. The molecule has 0 fully saturated rings. The number of anilines is 2. The average Bonchev–Trinajstić information content (AvgIpc) is 2.68. The number of pyridine rings is 2. The first-order chi connectivity index (χ1) is 8.68. The maximum absolute atomic E-state index is 12.3. The molecule has 3 heterocycles. The van der Waals surface area contributed by atoms with Crippen LogP contribution in [0.2, 0.25) is 0 Å². The minimum Gasteiger partial charge on any atom is -0.236 e. The molecular formula is C12H13N3OS2+2. The van der Waals surface area contributed by atoms with Gasteiger partial charge >= 0.3 is 5.82 Å². The molecule has 0 aliphatic carbocycles. The van der Waals surface area contributed by atoms with Gasteiger partial charge in [0.15, 0.2) is 0 Å². The van der Waals surface area contributed by atoms with E-state index in [1.54, 1.807) is 0 Å². The van der Waals surface area contributed by atoms with Crippen molar-refractivity contribution in [3.8, 4) is 0 Å². The smallest absolute Gasteiger partial charge is 0.236 e. The molecule has 0 radical (unpaired) electrons. The van der Waals surface area contributed by atoms with Crippen molar-refractivity contribution in [1.82, 2.24) is 0 Å². The van der Waals surface area contributed by atoms with Crippen LogP contribution in [0, 0.1) is 0 Å². The molecule has 1 aliphatic rings. The highest BCUT2D eigenvalue weighted by molar-refractivity contribution is 8.70. The van der Waals surface area contributed by atoms with Crippen LogP contribution in [-0.4, -0.2) is 4.21 Å². The van der Waals surface area contributed by atoms with Crippen LogP contribution in [0.15, 0.2) is 47.6 Å². The highest BCUT2D eigenvalue weighted by Crippen LogP contribution is 2.42. The Hall–Kier alpha value is -1.40. The van der Waals surface area contributed by atoms with Crippen molar-refractivity contribution < 1.29 is 13.3 Å². The summed E-state index contributed by atoms with van der Waals surface area (Å²) >= 11 is 0. The minimum absolute atomic E-state index is 0.920. The van der Waals surface area contributed by atoms with Gasteiger partial charge in [-0.15, -0.1) is 0 Å². The fourth-order valence-corrected chi connectivity index (χ4v) is 4.94. The summed E-state index contributed by atoms with van der Waals surface area (Å²) < 4.78 is 18.1. The number of hydrogen-bond acceptors (Lipinski definition) is 2. The molecular weight excluding hydrogens is 266 g/mol. The second-order valence-corrected chi connectivity index (χ2v) is 6.83. The molecule has 6 heteroatoms. The number of hydrogen-bond donors (Lipinski definition) is 0. The third-order valence-corrected chi connectivity index (χ3v) is 5.56. The Balaban J connectivity index is 2.21. The molecule has 18 heavy (non-hydrogen) atoms. The summed E-state index contributed by atoms with van der Waals surface area (Å²) in [6.07, 6.45) is 3.93. The maximum atomic E-state index is 12.3. The largest absolute Gasteiger partial charge is 0.313 e. The van der Waals surface area contributed by atoms with Crippen molar-refractivity contribution in [2.75, 3.05) is 4.31 Å². The molecule has 0 amide bonds. The first-order valence-corrected chi connectivity index (χ1v) is 7.96. The van der Waals surface area contributed by atoms with Gasteiger partial charge in [-0.3, -0.25) is 0 Å². The molecule has 2 aromatic heterocycles. The maximum Gasteiger partial charge on any atom is 0.313 e. The zero-order chi connectivity index (χ0) is 12.7. The Kier molecular flexibility index (Phi) is 2.83. The lowest BCUT2D eigenvalue weighted by atomic mass is 10.4. The third-order valence-electron chi connectivity index (χ3n) is 2.85. The Morgan fingerprint density at radius 2 is 1.89 bits per heavy atom. The van der Waals surface area contributed by atoms with Crippen molar-refractivity contribution in [3.63, 3.8) is 0 Å². The number of nitrogens with zero attached hydrogens (tertiary/aromatic N) is 3. The lowest BCUT2D eigenvalue weighted by Crippen LogP contribution is -2.41. The molecule has 0 saturated heterocycles. The van der Waals surface area contributed by atoms with E-state index in [-0.39, 0.29) is 0 Å². The highest BCUT2D eigenvalue weighted by Gasteiger charge is 2.41. The predicted molar refractivity (Wildman–Crippen MR) is 71.4 cm³/mol. The zero-order valence-electron chi connectivity index (χ0n) is 10.1. The Labute approximate surface area is 112 Å². The molecule has 92 valence electrons. The van der Waals surface area contributed by atoms with Crippen LogP contribution in [0.4, 0.5) is 11.6 Å². The van der Waals surface area contributed by atoms with Crippen molar-refractivity contribution in [3.05, 3.63) is 42.7 Å². The molecule has 0 N–H and O–H groups in total. The van der Waals surface area contributed by atoms with Crippen LogP contribution in [0.3, 0.4) is 0 Å². The van der Waals surface area contributed by atoms with Crippen molar-refractivity contribution in [1.29, 1.82) is 0 Å². The third kappa shape index (κ3) is 1.72. The molecule has 1 unspecified atom stereocenters. The average molecular weight is 279 g/mol. The second-order valence-electron chi connectivity index (χ2n) is 4.07. The Bertz CT molecular complexity index is 645. The number of fused-ring (bicyclic) bond motifs is 1. The van der Waals surface area contributed by atoms with Gasteiger partial charge in [0.25, 0.3) is 15.8 Å². The minimum atomic E-state index is -1.12. The Morgan fingerprint density at radius 1 is 1.11 bits per heavy atom. The van der Waals surface area contributed by atoms with Gasteiger partial charge in [0, 0.05) is 16.9 Å². The summed E-state index contributed by atoms with van der Waals surface area (Å²) in [5.41, 5.74) is 0. The van der Waals surface area contributed by atoms with Gasteiger partial charge in [0.2, 0.25) is 0 Å². The summed E-state index contributed by atoms with van der Waals surface area (Å²) in [6.45, 7) is 0. The molecule has 0 bridgehead atoms. The van der Waals surface area contributed by atoms with Crippen molar-refractivity contribution in [2.24, 2.45) is 14.1 Å². The van der Waals surface area contributed by atoms with Gasteiger partial charge in [-0.2, -0.15) is 4.21 Å². The summed E-state index contributed by atoms with van der Waals surface area (Å²) in [5, 5.41) is 0. The van der Waals surface area contributed by atoms with Crippen LogP contribution in [0.5, 0.6) is 0 Å². The van der Waals surface area contributed by atoms with E-state index in [0.717, 1.165) is 16.5 Å². The van der Waals surface area contributed by atoms with Crippen LogP contribution in [0.25, 0.3) is 0 Å². The number of aromatic nitrogens is 2. The van der Waals surface area contributed by atoms with E-state index in [2.05, 4.69) is 0 Å². The van der Waals surface area contributed by atoms with E-state index in [1.807, 2.05) is 70.3 Å². The molecule has 4 nitrogen and oxygen atoms in total. The van der Waals surface area contributed by atoms with Gasteiger partial charge < -0.3 is 0 Å². The monoisotopic (exact) mass is 279 g/mol. The summed E-state index contributed by atoms with van der Waals surface area (Å²) in [4.78, 5) is 1.04. The number of aryl methyl sites for hydroxylation is 2. The normalized spacial score (nSPS) is 17.9. The lowest BCUT2D eigenvalue weighted by molar-refractivity contribution is -0.667. The van der Waals surface area contributed by atoms with Crippen molar-refractivity contribution in [2.45, 2.75) is 4.90 Å². The standard InChI is InChI=1S/C12H13N3OS2/c1-13-8-4-3-7-11(13)15-12-10(17-18(15)16)6-5-9-14(12)2/h3-9H,1-2H3/q+2. The SMILES string of the molecule is C[n+]1ccccc1N1c2c(ccc[n+]2C)SS1=O. The summed E-state index contributed by atoms with van der Waals surface area (Å²) in [7, 11) is 4.19. The molecule has 0 spiro atoms. The molecule has 1 aliphatic heterocycles. The lowest BCUT2D eigenvalue weighted by Gasteiger charge is -2.09. The molecule has 3 rings (SSSR count).